The van der Waals surface area contributed by atoms with Crippen LogP contribution in [0.25, 0.3) is 0 Å². The van der Waals surface area contributed by atoms with E-state index in [0.29, 0.717) is 18.8 Å². The van der Waals surface area contributed by atoms with Crippen molar-refractivity contribution in [1.29, 1.82) is 0 Å². The van der Waals surface area contributed by atoms with Crippen molar-refractivity contribution in [2.45, 2.75) is 58.4 Å². The SMILES string of the molecule is CCC(C)(C)C1CCC2(CC1)NC(=O)N(CC(=O)OCC(=O)Nc1ccc(F)c([N+](=O)[O-])c1)C2=O. The molecule has 2 fully saturated rings. The zero-order valence-electron chi connectivity index (χ0n) is 19.9. The molecule has 0 aromatic heterocycles. The lowest BCUT2D eigenvalue weighted by Crippen LogP contribution is -2.51. The van der Waals surface area contributed by atoms with E-state index < -0.39 is 58.9 Å². The Hall–Kier alpha value is -3.57. The number of nitro benzene ring substituents is 1. The highest BCUT2D eigenvalue weighted by Gasteiger charge is 2.53. The van der Waals surface area contributed by atoms with Gasteiger partial charge in [0, 0.05) is 11.8 Å². The second-order valence-electron chi connectivity index (χ2n) is 9.65. The number of rotatable bonds is 8. The highest BCUT2D eigenvalue weighted by atomic mass is 19.1. The molecule has 0 bridgehead atoms. The summed E-state index contributed by atoms with van der Waals surface area (Å²) in [5.74, 6) is -2.90. The van der Waals surface area contributed by atoms with Gasteiger partial charge in [-0.1, -0.05) is 27.2 Å². The van der Waals surface area contributed by atoms with Gasteiger partial charge in [-0.3, -0.25) is 29.4 Å². The smallest absolute Gasteiger partial charge is 0.326 e. The van der Waals surface area contributed by atoms with Crippen LogP contribution in [0, 0.1) is 27.3 Å². The number of amides is 4. The van der Waals surface area contributed by atoms with Crippen molar-refractivity contribution in [2.75, 3.05) is 18.5 Å². The first-order chi connectivity index (χ1) is 16.4. The topological polar surface area (TPSA) is 148 Å². The predicted molar refractivity (Wildman–Crippen MR) is 122 cm³/mol. The molecule has 0 unspecified atom stereocenters. The summed E-state index contributed by atoms with van der Waals surface area (Å²) in [6.45, 7) is 5.11. The second kappa shape index (κ2) is 9.96. The number of imide groups is 1. The molecule has 11 nitrogen and oxygen atoms in total. The van der Waals surface area contributed by atoms with Gasteiger partial charge in [-0.15, -0.1) is 0 Å². The molecule has 1 aliphatic carbocycles. The van der Waals surface area contributed by atoms with Gasteiger partial charge in [0.25, 0.3) is 11.8 Å². The number of ether oxygens (including phenoxy) is 1. The summed E-state index contributed by atoms with van der Waals surface area (Å²) >= 11 is 0. The van der Waals surface area contributed by atoms with Crippen LogP contribution in [0.1, 0.15) is 52.9 Å². The zero-order valence-corrected chi connectivity index (χ0v) is 19.9. The summed E-state index contributed by atoms with van der Waals surface area (Å²) in [6, 6.07) is 2.09. The average Bonchev–Trinajstić information content (AvgIpc) is 3.03. The van der Waals surface area contributed by atoms with Crippen molar-refractivity contribution in [1.82, 2.24) is 10.2 Å². The molecule has 1 saturated carbocycles. The Morgan fingerprint density at radius 2 is 1.97 bits per heavy atom. The number of nitrogens with one attached hydrogen (secondary N) is 2. The number of urea groups is 1. The number of esters is 1. The largest absolute Gasteiger partial charge is 0.454 e. The van der Waals surface area contributed by atoms with Crippen molar-refractivity contribution in [2.24, 2.45) is 11.3 Å². The van der Waals surface area contributed by atoms with Crippen molar-refractivity contribution < 1.29 is 33.2 Å². The van der Waals surface area contributed by atoms with Gasteiger partial charge in [0.15, 0.2) is 6.61 Å². The summed E-state index contributed by atoms with van der Waals surface area (Å²) < 4.78 is 18.3. The Balaban J connectivity index is 1.52. The Kier molecular flexibility index (Phi) is 7.41. The maximum absolute atomic E-state index is 13.4. The van der Waals surface area contributed by atoms with Crippen molar-refractivity contribution in [3.63, 3.8) is 0 Å². The van der Waals surface area contributed by atoms with E-state index in [4.69, 9.17) is 4.74 Å². The number of hydrogen-bond donors (Lipinski definition) is 2. The fourth-order valence-corrected chi connectivity index (χ4v) is 4.59. The van der Waals surface area contributed by atoms with E-state index in [1.165, 1.54) is 0 Å². The minimum Gasteiger partial charge on any atom is -0.454 e. The number of anilines is 1. The lowest BCUT2D eigenvalue weighted by atomic mass is 9.65. The minimum atomic E-state index is -1.06. The van der Waals surface area contributed by atoms with E-state index in [2.05, 4.69) is 31.4 Å². The van der Waals surface area contributed by atoms with Crippen LogP contribution in [0.2, 0.25) is 0 Å². The molecule has 3 rings (SSSR count). The van der Waals surface area contributed by atoms with Crippen LogP contribution in [-0.4, -0.2) is 52.3 Å². The molecule has 1 heterocycles. The summed E-state index contributed by atoms with van der Waals surface area (Å²) in [7, 11) is 0. The first-order valence-electron chi connectivity index (χ1n) is 11.4. The number of carbonyl (C=O) groups excluding carboxylic acids is 4. The molecule has 35 heavy (non-hydrogen) atoms. The third-order valence-corrected chi connectivity index (χ3v) is 7.18. The van der Waals surface area contributed by atoms with Crippen LogP contribution in [0.5, 0.6) is 0 Å². The van der Waals surface area contributed by atoms with Crippen LogP contribution >= 0.6 is 0 Å². The van der Waals surface area contributed by atoms with Crippen molar-refractivity contribution in [3.05, 3.63) is 34.1 Å². The lowest BCUT2D eigenvalue weighted by molar-refractivity contribution is -0.387. The number of hydrogen-bond acceptors (Lipinski definition) is 7. The fraction of sp³-hybridized carbons (Fsp3) is 0.565. The standard InChI is InChI=1S/C23H29FN4O7/c1-4-22(2,3)14-7-9-23(10-8-14)20(31)27(21(32)26-23)12-19(30)35-13-18(29)25-15-5-6-16(24)17(11-15)28(33)34/h5-6,11,14H,4,7-10,12-13H2,1-3H3,(H,25,29)(H,26,32). The summed E-state index contributed by atoms with van der Waals surface area (Å²) in [6.07, 6.45) is 3.56. The molecular weight excluding hydrogens is 463 g/mol. The maximum atomic E-state index is 13.4. The lowest BCUT2D eigenvalue weighted by Gasteiger charge is -2.42. The number of nitrogens with zero attached hydrogens (tertiary/aromatic N) is 2. The van der Waals surface area contributed by atoms with Crippen LogP contribution in [0.3, 0.4) is 0 Å². The minimum absolute atomic E-state index is 0.0583. The summed E-state index contributed by atoms with van der Waals surface area (Å²) in [4.78, 5) is 60.4. The van der Waals surface area contributed by atoms with Gasteiger partial charge in [0.05, 0.1) is 4.92 Å². The molecule has 2 aliphatic rings. The molecule has 1 aromatic carbocycles. The molecule has 0 radical (unpaired) electrons. The molecule has 2 N–H and O–H groups in total. The van der Waals surface area contributed by atoms with E-state index in [1.807, 2.05) is 0 Å². The number of halogens is 1. The highest BCUT2D eigenvalue weighted by molar-refractivity contribution is 6.08. The van der Waals surface area contributed by atoms with Gasteiger partial charge in [0.1, 0.15) is 12.1 Å². The highest BCUT2D eigenvalue weighted by Crippen LogP contribution is 2.45. The third kappa shape index (κ3) is 5.57. The number of nitro groups is 1. The van der Waals surface area contributed by atoms with Crippen molar-refractivity contribution in [3.8, 4) is 0 Å². The maximum Gasteiger partial charge on any atom is 0.326 e. The van der Waals surface area contributed by atoms with Gasteiger partial charge in [-0.05, 0) is 49.1 Å². The van der Waals surface area contributed by atoms with Gasteiger partial charge in [0.2, 0.25) is 5.82 Å². The molecule has 12 heteroatoms. The monoisotopic (exact) mass is 492 g/mol. The molecule has 190 valence electrons. The van der Waals surface area contributed by atoms with Gasteiger partial charge < -0.3 is 15.4 Å². The Morgan fingerprint density at radius 1 is 1.31 bits per heavy atom. The van der Waals surface area contributed by atoms with Crippen LogP contribution in [0.15, 0.2) is 18.2 Å². The predicted octanol–water partition coefficient (Wildman–Crippen LogP) is 3.13. The Labute approximate surface area is 201 Å². The molecule has 1 aliphatic heterocycles. The van der Waals surface area contributed by atoms with Crippen LogP contribution in [-0.2, 0) is 19.1 Å². The first kappa shape index (κ1) is 26.0. The Morgan fingerprint density at radius 3 is 2.57 bits per heavy atom. The van der Waals surface area contributed by atoms with Gasteiger partial charge in [-0.25, -0.2) is 4.79 Å². The Bertz CT molecular complexity index is 1050. The van der Waals surface area contributed by atoms with E-state index >= 15 is 0 Å². The fourth-order valence-electron chi connectivity index (χ4n) is 4.59. The number of benzene rings is 1. The van der Waals surface area contributed by atoms with E-state index in [1.54, 1.807) is 0 Å². The van der Waals surface area contributed by atoms with Gasteiger partial charge in [-0.2, -0.15) is 4.39 Å². The van der Waals surface area contributed by atoms with E-state index in [9.17, 15) is 33.7 Å². The zero-order chi connectivity index (χ0) is 26.0. The summed E-state index contributed by atoms with van der Waals surface area (Å²) in [5.41, 5.74) is -1.76. The van der Waals surface area contributed by atoms with Gasteiger partial charge >= 0.3 is 17.7 Å². The van der Waals surface area contributed by atoms with Crippen molar-refractivity contribution >= 4 is 35.2 Å². The third-order valence-electron chi connectivity index (χ3n) is 7.18. The molecule has 1 saturated heterocycles. The average molecular weight is 493 g/mol. The number of carbonyl (C=O) groups is 4. The first-order valence-corrected chi connectivity index (χ1v) is 11.4. The second-order valence-corrected chi connectivity index (χ2v) is 9.65. The summed E-state index contributed by atoms with van der Waals surface area (Å²) in [5, 5.41) is 15.8. The van der Waals surface area contributed by atoms with Crippen LogP contribution < -0.4 is 10.6 Å². The molecule has 1 spiro atoms. The molecular formula is C23H29FN4O7. The molecule has 0 atom stereocenters. The van der Waals surface area contributed by atoms with E-state index in [-0.39, 0.29) is 11.1 Å². The van der Waals surface area contributed by atoms with Crippen LogP contribution in [0.4, 0.5) is 20.6 Å². The quantitative estimate of drug-likeness (QED) is 0.245. The normalized spacial score (nSPS) is 22.2. The molecule has 1 aromatic rings. The van der Waals surface area contributed by atoms with E-state index in [0.717, 1.165) is 42.4 Å². The molecule has 4 amide bonds.